The molecule has 98 valence electrons. The van der Waals surface area contributed by atoms with Crippen LogP contribution < -0.4 is 10.1 Å². The minimum absolute atomic E-state index is 0.000586. The van der Waals surface area contributed by atoms with Gasteiger partial charge >= 0.3 is 0 Å². The van der Waals surface area contributed by atoms with Gasteiger partial charge in [0.25, 0.3) is 5.91 Å². The predicted octanol–water partition coefficient (Wildman–Crippen LogP) is 1.50. The lowest BCUT2D eigenvalue weighted by atomic mass is 10.1. The minimum atomic E-state index is -3.07. The lowest BCUT2D eigenvalue weighted by Gasteiger charge is -2.19. The quantitative estimate of drug-likeness (QED) is 0.851. The molecule has 0 saturated heterocycles. The van der Waals surface area contributed by atoms with Crippen LogP contribution in [0.3, 0.4) is 0 Å². The van der Waals surface area contributed by atoms with E-state index >= 15 is 0 Å². The Labute approximate surface area is 114 Å². The Morgan fingerprint density at radius 1 is 1.50 bits per heavy atom. The normalized spacial score (nSPS) is 16.4. The molecule has 1 heterocycles. The summed E-state index contributed by atoms with van der Waals surface area (Å²) in [7, 11) is -3.07. The van der Waals surface area contributed by atoms with E-state index in [4.69, 9.17) is 4.74 Å². The Bertz CT molecular complexity index is 585. The number of sulfone groups is 1. The summed E-state index contributed by atoms with van der Waals surface area (Å²) < 4.78 is 27.7. The van der Waals surface area contributed by atoms with E-state index < -0.39 is 9.84 Å². The van der Waals surface area contributed by atoms with Crippen molar-refractivity contribution in [1.29, 1.82) is 0 Å². The van der Waals surface area contributed by atoms with E-state index in [1.54, 1.807) is 18.2 Å². The molecule has 0 bridgehead atoms. The van der Waals surface area contributed by atoms with Crippen LogP contribution in [0.4, 0.5) is 5.69 Å². The molecule has 0 radical (unpaired) electrons. The van der Waals surface area contributed by atoms with Crippen molar-refractivity contribution in [3.63, 3.8) is 0 Å². The standard InChI is InChI=1S/C11H12BrNO4S/c1-18(15,16)6-8(12)7-2-3-10-9(4-7)13-11(14)5-17-10/h2-4,8H,5-6H2,1H3,(H,13,14). The molecule has 5 nitrogen and oxygen atoms in total. The molecule has 1 aliphatic rings. The number of rotatable bonds is 3. The molecule has 0 fully saturated rings. The van der Waals surface area contributed by atoms with Gasteiger partial charge in [0.05, 0.1) is 16.3 Å². The number of carbonyl (C=O) groups is 1. The third kappa shape index (κ3) is 3.23. The van der Waals surface area contributed by atoms with Crippen molar-refractivity contribution in [3.8, 4) is 5.75 Å². The van der Waals surface area contributed by atoms with Gasteiger partial charge in [0, 0.05) is 6.26 Å². The fourth-order valence-corrected chi connectivity index (χ4v) is 4.11. The first-order valence-electron chi connectivity index (χ1n) is 5.23. The summed E-state index contributed by atoms with van der Waals surface area (Å²) in [6, 6.07) is 5.22. The number of hydrogen-bond donors (Lipinski definition) is 1. The van der Waals surface area contributed by atoms with Gasteiger partial charge in [0.15, 0.2) is 6.61 Å². The molecule has 18 heavy (non-hydrogen) atoms. The number of ether oxygens (including phenoxy) is 1. The molecule has 1 unspecified atom stereocenters. The number of amides is 1. The van der Waals surface area contributed by atoms with Gasteiger partial charge in [-0.15, -0.1) is 0 Å². The van der Waals surface area contributed by atoms with Gasteiger partial charge in [-0.25, -0.2) is 8.42 Å². The molecule has 0 saturated carbocycles. The predicted molar refractivity (Wildman–Crippen MR) is 71.9 cm³/mol. The van der Waals surface area contributed by atoms with Crippen molar-refractivity contribution in [2.24, 2.45) is 0 Å². The third-order valence-electron chi connectivity index (χ3n) is 2.45. The van der Waals surface area contributed by atoms with Crippen molar-refractivity contribution >= 4 is 37.4 Å². The van der Waals surface area contributed by atoms with Gasteiger partial charge in [0.2, 0.25) is 0 Å². The SMILES string of the molecule is CS(=O)(=O)CC(Br)c1ccc2c(c1)NC(=O)CO2. The van der Waals surface area contributed by atoms with Gasteiger partial charge in [-0.1, -0.05) is 22.0 Å². The molecule has 0 aromatic heterocycles. The molecule has 0 spiro atoms. The molecular weight excluding hydrogens is 322 g/mol. The summed E-state index contributed by atoms with van der Waals surface area (Å²) in [6.45, 7) is 0.00737. The maximum atomic E-state index is 11.2. The van der Waals surface area contributed by atoms with Crippen molar-refractivity contribution in [1.82, 2.24) is 0 Å². The Hall–Kier alpha value is -1.08. The fraction of sp³-hybridized carbons (Fsp3) is 0.364. The molecule has 1 aromatic carbocycles. The van der Waals surface area contributed by atoms with E-state index in [0.717, 1.165) is 5.56 Å². The number of hydrogen-bond acceptors (Lipinski definition) is 4. The van der Waals surface area contributed by atoms with E-state index in [0.29, 0.717) is 11.4 Å². The van der Waals surface area contributed by atoms with Crippen LogP contribution >= 0.6 is 15.9 Å². The molecule has 1 aliphatic heterocycles. The van der Waals surface area contributed by atoms with E-state index in [1.807, 2.05) is 0 Å². The third-order valence-corrected chi connectivity index (χ3v) is 4.67. The second-order valence-corrected chi connectivity index (χ2v) is 7.44. The summed E-state index contributed by atoms with van der Waals surface area (Å²) in [5.41, 5.74) is 1.35. The lowest BCUT2D eigenvalue weighted by molar-refractivity contribution is -0.118. The summed E-state index contributed by atoms with van der Waals surface area (Å²) in [4.78, 5) is 10.9. The summed E-state index contributed by atoms with van der Waals surface area (Å²) >= 11 is 3.33. The maximum absolute atomic E-state index is 11.2. The highest BCUT2D eigenvalue weighted by atomic mass is 79.9. The first-order valence-corrected chi connectivity index (χ1v) is 8.21. The minimum Gasteiger partial charge on any atom is -0.482 e. The second-order valence-electron chi connectivity index (χ2n) is 4.15. The molecule has 1 N–H and O–H groups in total. The molecule has 1 atom stereocenters. The topological polar surface area (TPSA) is 72.5 Å². The number of fused-ring (bicyclic) bond motifs is 1. The molecule has 1 amide bonds. The van der Waals surface area contributed by atoms with Crippen LogP contribution in [0.1, 0.15) is 10.4 Å². The van der Waals surface area contributed by atoms with Crippen molar-refractivity contribution in [2.75, 3.05) is 23.9 Å². The van der Waals surface area contributed by atoms with E-state index in [1.165, 1.54) is 6.26 Å². The van der Waals surface area contributed by atoms with Crippen LogP contribution in [0.5, 0.6) is 5.75 Å². The van der Waals surface area contributed by atoms with Crippen LogP contribution in [0.2, 0.25) is 0 Å². The van der Waals surface area contributed by atoms with Crippen LogP contribution in [0.25, 0.3) is 0 Å². The highest BCUT2D eigenvalue weighted by Gasteiger charge is 2.19. The zero-order valence-corrected chi connectivity index (χ0v) is 12.0. The molecule has 7 heteroatoms. The average Bonchev–Trinajstić information content (AvgIpc) is 2.25. The summed E-state index contributed by atoms with van der Waals surface area (Å²) in [5.74, 6) is 0.381. The number of carbonyl (C=O) groups excluding carboxylic acids is 1. The largest absolute Gasteiger partial charge is 0.482 e. The summed E-state index contributed by atoms with van der Waals surface area (Å²) in [6.07, 6.45) is 1.19. The van der Waals surface area contributed by atoms with E-state index in [2.05, 4.69) is 21.2 Å². The Morgan fingerprint density at radius 2 is 2.22 bits per heavy atom. The zero-order valence-electron chi connectivity index (χ0n) is 9.64. The fourth-order valence-electron chi connectivity index (χ4n) is 1.66. The van der Waals surface area contributed by atoms with Crippen molar-refractivity contribution in [2.45, 2.75) is 4.83 Å². The first kappa shape index (κ1) is 13.4. The Morgan fingerprint density at radius 3 is 2.89 bits per heavy atom. The van der Waals surface area contributed by atoms with Gasteiger partial charge in [-0.05, 0) is 17.7 Å². The van der Waals surface area contributed by atoms with Crippen LogP contribution in [0.15, 0.2) is 18.2 Å². The molecule has 0 aliphatic carbocycles. The van der Waals surface area contributed by atoms with Crippen molar-refractivity contribution in [3.05, 3.63) is 23.8 Å². The second kappa shape index (κ2) is 4.89. The van der Waals surface area contributed by atoms with Gasteiger partial charge < -0.3 is 10.1 Å². The van der Waals surface area contributed by atoms with Crippen LogP contribution in [0, 0.1) is 0 Å². The number of anilines is 1. The summed E-state index contributed by atoms with van der Waals surface area (Å²) in [5, 5.41) is 2.68. The van der Waals surface area contributed by atoms with Gasteiger partial charge in [-0.3, -0.25) is 4.79 Å². The number of alkyl halides is 1. The lowest BCUT2D eigenvalue weighted by Crippen LogP contribution is -2.25. The molecular formula is C11H12BrNO4S. The Balaban J connectivity index is 2.25. The molecule has 1 aromatic rings. The zero-order chi connectivity index (χ0) is 13.3. The highest BCUT2D eigenvalue weighted by Crippen LogP contribution is 2.33. The van der Waals surface area contributed by atoms with Gasteiger partial charge in [-0.2, -0.15) is 0 Å². The number of nitrogens with one attached hydrogen (secondary N) is 1. The Kier molecular flexibility index (Phi) is 3.63. The number of benzene rings is 1. The molecule has 2 rings (SSSR count). The smallest absolute Gasteiger partial charge is 0.262 e. The van der Waals surface area contributed by atoms with Crippen LogP contribution in [-0.2, 0) is 14.6 Å². The highest BCUT2D eigenvalue weighted by molar-refractivity contribution is 9.09. The van der Waals surface area contributed by atoms with Crippen LogP contribution in [-0.4, -0.2) is 32.9 Å². The maximum Gasteiger partial charge on any atom is 0.262 e. The average molecular weight is 334 g/mol. The van der Waals surface area contributed by atoms with Gasteiger partial charge in [0.1, 0.15) is 15.6 Å². The first-order chi connectivity index (χ1) is 8.35. The van der Waals surface area contributed by atoms with E-state index in [-0.39, 0.29) is 23.1 Å². The monoisotopic (exact) mass is 333 g/mol. The van der Waals surface area contributed by atoms with E-state index in [9.17, 15) is 13.2 Å². The van der Waals surface area contributed by atoms with Crippen molar-refractivity contribution < 1.29 is 17.9 Å². The number of halogens is 1.